The van der Waals surface area contributed by atoms with Gasteiger partial charge in [0.15, 0.2) is 0 Å². The minimum Gasteiger partial charge on any atom is -0.466 e. The summed E-state index contributed by atoms with van der Waals surface area (Å²) in [7, 11) is 0. The van der Waals surface area contributed by atoms with E-state index in [1.807, 2.05) is 0 Å². The highest BCUT2D eigenvalue weighted by Gasteiger charge is 2.24. The molecule has 8 heteroatoms. The van der Waals surface area contributed by atoms with Gasteiger partial charge < -0.3 is 14.8 Å². The Morgan fingerprint density at radius 1 is 1.17 bits per heavy atom. The summed E-state index contributed by atoms with van der Waals surface area (Å²) in [6.45, 7) is 7.17. The Labute approximate surface area is 143 Å². The molecular formula is C15H23BrFNO5. The summed E-state index contributed by atoms with van der Waals surface area (Å²) in [5.41, 5.74) is 0. The Bertz CT molecular complexity index is 430. The Balaban J connectivity index is 4.55. The number of hydrogen-bond acceptors (Lipinski definition) is 5. The first kappa shape index (κ1) is 21.6. The third-order valence-electron chi connectivity index (χ3n) is 2.70. The Kier molecular flexibility index (Phi) is 11.3. The zero-order valence-electron chi connectivity index (χ0n) is 13.4. The van der Waals surface area contributed by atoms with Gasteiger partial charge in [-0.15, -0.1) is 0 Å². The summed E-state index contributed by atoms with van der Waals surface area (Å²) in [5, 5.41) is 2.40. The molecule has 0 fully saturated rings. The highest BCUT2D eigenvalue weighted by molar-refractivity contribution is 9.11. The summed E-state index contributed by atoms with van der Waals surface area (Å²) < 4.78 is 23.6. The lowest BCUT2D eigenvalue weighted by Gasteiger charge is -2.17. The van der Waals surface area contributed by atoms with Crippen LogP contribution in [0.15, 0.2) is 11.1 Å². The van der Waals surface area contributed by atoms with Crippen molar-refractivity contribution in [1.29, 1.82) is 0 Å². The summed E-state index contributed by atoms with van der Waals surface area (Å²) >= 11 is 3.02. The van der Waals surface area contributed by atoms with E-state index in [9.17, 15) is 18.8 Å². The molecule has 0 saturated heterocycles. The van der Waals surface area contributed by atoms with Gasteiger partial charge in [-0.3, -0.25) is 9.59 Å². The highest BCUT2D eigenvalue weighted by atomic mass is 79.9. The number of carbonyl (C=O) groups excluding carboxylic acids is 3. The molecule has 1 amide bonds. The van der Waals surface area contributed by atoms with Gasteiger partial charge in [-0.2, -0.15) is 0 Å². The van der Waals surface area contributed by atoms with Crippen LogP contribution in [0.1, 0.15) is 39.5 Å². The van der Waals surface area contributed by atoms with Gasteiger partial charge in [-0.1, -0.05) is 22.5 Å². The summed E-state index contributed by atoms with van der Waals surface area (Å²) in [6.07, 6.45) is -1.82. The minimum absolute atomic E-state index is 0.000316. The molecule has 0 radical (unpaired) electrons. The maximum absolute atomic E-state index is 13.6. The monoisotopic (exact) mass is 395 g/mol. The Morgan fingerprint density at radius 3 is 2.30 bits per heavy atom. The lowest BCUT2D eigenvalue weighted by molar-refractivity contribution is -0.149. The number of alkyl halides is 1. The molecule has 1 unspecified atom stereocenters. The molecule has 0 aromatic carbocycles. The van der Waals surface area contributed by atoms with Gasteiger partial charge in [-0.25, -0.2) is 9.18 Å². The normalized spacial score (nSPS) is 12.9. The fraction of sp³-hybridized carbons (Fsp3) is 0.667. The minimum atomic E-state index is -1.41. The molecule has 0 aromatic rings. The van der Waals surface area contributed by atoms with E-state index in [-0.39, 0.29) is 32.5 Å². The van der Waals surface area contributed by atoms with Gasteiger partial charge in [0.1, 0.15) is 12.2 Å². The van der Waals surface area contributed by atoms with Crippen LogP contribution in [0.4, 0.5) is 4.39 Å². The van der Waals surface area contributed by atoms with Crippen LogP contribution in [0.2, 0.25) is 0 Å². The molecule has 0 spiro atoms. The van der Waals surface area contributed by atoms with Gasteiger partial charge in [-0.05, 0) is 24.8 Å². The number of allylic oxidation sites excluding steroid dienone is 1. The van der Waals surface area contributed by atoms with Crippen LogP contribution in [0.25, 0.3) is 0 Å². The van der Waals surface area contributed by atoms with Crippen molar-refractivity contribution in [3.8, 4) is 0 Å². The van der Waals surface area contributed by atoms with Crippen molar-refractivity contribution in [3.63, 3.8) is 0 Å². The molecule has 0 bridgehead atoms. The van der Waals surface area contributed by atoms with E-state index >= 15 is 0 Å². The first-order chi connectivity index (χ1) is 10.8. The summed E-state index contributed by atoms with van der Waals surface area (Å²) in [5.74, 6) is -1.77. The molecule has 23 heavy (non-hydrogen) atoms. The molecule has 132 valence electrons. The number of amides is 1. The molecule has 0 aliphatic carbocycles. The predicted octanol–water partition coefficient (Wildman–Crippen LogP) is 2.40. The van der Waals surface area contributed by atoms with Crippen molar-refractivity contribution in [2.45, 2.75) is 51.7 Å². The molecule has 0 saturated carbocycles. The standard InChI is InChI=1S/C15H23BrFNO5/c1-4-22-14(20)7-6-12(15(21)23-5-2)18-13(19)9-11(17)8-10(3)16/h11-12H,3-9H2,1-2H3,(H,18,19)/t11?,12-/m0/s1. The van der Waals surface area contributed by atoms with Gasteiger partial charge in [0, 0.05) is 12.8 Å². The van der Waals surface area contributed by atoms with E-state index in [1.54, 1.807) is 13.8 Å². The van der Waals surface area contributed by atoms with Gasteiger partial charge in [0.05, 0.1) is 19.6 Å². The van der Waals surface area contributed by atoms with Gasteiger partial charge in [0.2, 0.25) is 5.91 Å². The number of hydrogen-bond donors (Lipinski definition) is 1. The zero-order valence-corrected chi connectivity index (χ0v) is 15.0. The smallest absolute Gasteiger partial charge is 0.328 e. The van der Waals surface area contributed by atoms with Crippen molar-refractivity contribution >= 4 is 33.8 Å². The molecule has 6 nitrogen and oxygen atoms in total. The molecular weight excluding hydrogens is 373 g/mol. The average molecular weight is 396 g/mol. The summed E-state index contributed by atoms with van der Waals surface area (Å²) in [6, 6.07) is -1.01. The zero-order chi connectivity index (χ0) is 17.8. The Morgan fingerprint density at radius 2 is 1.78 bits per heavy atom. The SMILES string of the molecule is C=C(Br)CC(F)CC(=O)N[C@@H](CCC(=O)OCC)C(=O)OCC. The lowest BCUT2D eigenvalue weighted by atomic mass is 10.1. The van der Waals surface area contributed by atoms with Gasteiger partial charge >= 0.3 is 11.9 Å². The Hall–Kier alpha value is -1.44. The fourth-order valence-electron chi connectivity index (χ4n) is 1.75. The molecule has 0 aliphatic rings. The number of carbonyl (C=O) groups is 3. The quantitative estimate of drug-likeness (QED) is 0.543. The van der Waals surface area contributed by atoms with Crippen molar-refractivity contribution < 1.29 is 28.2 Å². The van der Waals surface area contributed by atoms with Crippen molar-refractivity contribution in [3.05, 3.63) is 11.1 Å². The molecule has 1 N–H and O–H groups in total. The van der Waals surface area contributed by atoms with Crippen molar-refractivity contribution in [2.75, 3.05) is 13.2 Å². The number of halogens is 2. The largest absolute Gasteiger partial charge is 0.466 e. The molecule has 2 atom stereocenters. The van der Waals surface area contributed by atoms with Crippen LogP contribution < -0.4 is 5.32 Å². The molecule has 0 rings (SSSR count). The maximum Gasteiger partial charge on any atom is 0.328 e. The lowest BCUT2D eigenvalue weighted by Crippen LogP contribution is -2.43. The number of esters is 2. The van der Waals surface area contributed by atoms with E-state index in [4.69, 9.17) is 9.47 Å². The van der Waals surface area contributed by atoms with Crippen LogP contribution in [0.3, 0.4) is 0 Å². The third kappa shape index (κ3) is 10.8. The second-order valence-electron chi connectivity index (χ2n) is 4.74. The summed E-state index contributed by atoms with van der Waals surface area (Å²) in [4.78, 5) is 35.0. The van der Waals surface area contributed by atoms with Crippen LogP contribution in [-0.4, -0.2) is 43.3 Å². The molecule has 0 aliphatic heterocycles. The van der Waals surface area contributed by atoms with Crippen LogP contribution >= 0.6 is 15.9 Å². The third-order valence-corrected chi connectivity index (χ3v) is 3.02. The van der Waals surface area contributed by atoms with E-state index < -0.39 is 36.5 Å². The van der Waals surface area contributed by atoms with Crippen LogP contribution in [-0.2, 0) is 23.9 Å². The first-order valence-electron chi connectivity index (χ1n) is 7.39. The van der Waals surface area contributed by atoms with E-state index in [1.165, 1.54) is 0 Å². The second-order valence-corrected chi connectivity index (χ2v) is 5.86. The maximum atomic E-state index is 13.6. The molecule has 0 heterocycles. The first-order valence-corrected chi connectivity index (χ1v) is 8.18. The number of ether oxygens (including phenoxy) is 2. The number of nitrogens with one attached hydrogen (secondary N) is 1. The van der Waals surface area contributed by atoms with Crippen molar-refractivity contribution in [1.82, 2.24) is 5.32 Å². The molecule has 0 aromatic heterocycles. The predicted molar refractivity (Wildman–Crippen MR) is 86.6 cm³/mol. The van der Waals surface area contributed by atoms with Crippen LogP contribution in [0, 0.1) is 0 Å². The number of rotatable bonds is 11. The van der Waals surface area contributed by atoms with Gasteiger partial charge in [0.25, 0.3) is 0 Å². The average Bonchev–Trinajstić information content (AvgIpc) is 2.42. The fourth-order valence-corrected chi connectivity index (χ4v) is 2.11. The highest BCUT2D eigenvalue weighted by Crippen LogP contribution is 2.15. The van der Waals surface area contributed by atoms with Crippen molar-refractivity contribution in [2.24, 2.45) is 0 Å². The topological polar surface area (TPSA) is 81.7 Å². The van der Waals surface area contributed by atoms with E-state index in [0.717, 1.165) is 0 Å². The second kappa shape index (κ2) is 12.0. The van der Waals surface area contributed by atoms with E-state index in [2.05, 4.69) is 27.8 Å². The van der Waals surface area contributed by atoms with E-state index in [0.29, 0.717) is 4.48 Å². The van der Waals surface area contributed by atoms with Crippen LogP contribution in [0.5, 0.6) is 0 Å².